The lowest BCUT2D eigenvalue weighted by Crippen LogP contribution is -2.33. The van der Waals surface area contributed by atoms with Crippen molar-refractivity contribution in [2.45, 2.75) is 53.0 Å². The molecule has 0 radical (unpaired) electrons. The van der Waals surface area contributed by atoms with Crippen LogP contribution in [-0.2, 0) is 4.74 Å². The van der Waals surface area contributed by atoms with Crippen LogP contribution < -0.4 is 11.1 Å². The molecule has 0 bridgehead atoms. The molecule has 4 heterocycles. The Bertz CT molecular complexity index is 1560. The number of aromatic nitrogens is 5. The van der Waals surface area contributed by atoms with E-state index >= 15 is 0 Å². The summed E-state index contributed by atoms with van der Waals surface area (Å²) in [6, 6.07) is 5.28. The molecular weight excluding hydrogens is 446 g/mol. The largest absolute Gasteiger partial charge is 0.462 e. The molecule has 35 heavy (non-hydrogen) atoms. The Kier molecular flexibility index (Phi) is 5.78. The fourth-order valence-corrected chi connectivity index (χ4v) is 5.25. The van der Waals surface area contributed by atoms with Crippen molar-refractivity contribution < 1.29 is 9.53 Å². The highest BCUT2D eigenvalue weighted by molar-refractivity contribution is 5.95. The normalized spacial score (nSPS) is 20.4. The molecule has 9 nitrogen and oxygen atoms in total. The molecule has 0 amide bonds. The molecule has 1 saturated carbocycles. The molecular formula is C26H29N5O4. The van der Waals surface area contributed by atoms with Crippen molar-refractivity contribution in [3.8, 4) is 5.82 Å². The summed E-state index contributed by atoms with van der Waals surface area (Å²) in [4.78, 5) is 44.2. The third kappa shape index (κ3) is 3.75. The highest BCUT2D eigenvalue weighted by Crippen LogP contribution is 2.37. The molecule has 3 atom stereocenters. The smallest absolute Gasteiger partial charge is 0.343 e. The lowest BCUT2D eigenvalue weighted by atomic mass is 9.78. The Hall–Kier alpha value is -3.75. The highest BCUT2D eigenvalue weighted by Gasteiger charge is 2.29. The monoisotopic (exact) mass is 475 g/mol. The van der Waals surface area contributed by atoms with Gasteiger partial charge in [0, 0.05) is 24.1 Å². The lowest BCUT2D eigenvalue weighted by molar-refractivity contribution is 0.0525. The van der Waals surface area contributed by atoms with Crippen molar-refractivity contribution in [2.24, 2.45) is 11.8 Å². The minimum atomic E-state index is -0.559. The number of nitrogens with zero attached hydrogens (tertiary/aromatic N) is 4. The van der Waals surface area contributed by atoms with Gasteiger partial charge in [0.2, 0.25) is 0 Å². The number of esters is 1. The van der Waals surface area contributed by atoms with Crippen LogP contribution in [0.1, 0.15) is 62.1 Å². The number of aromatic amines is 1. The molecule has 5 rings (SSSR count). The summed E-state index contributed by atoms with van der Waals surface area (Å²) < 4.78 is 8.25. The summed E-state index contributed by atoms with van der Waals surface area (Å²) in [5.41, 5.74) is 1.17. The fourth-order valence-electron chi connectivity index (χ4n) is 5.25. The number of fused-ring (bicyclic) bond motifs is 2. The molecule has 1 aliphatic carbocycles. The molecule has 0 saturated heterocycles. The van der Waals surface area contributed by atoms with Crippen LogP contribution in [0.3, 0.4) is 0 Å². The second-order valence-electron chi connectivity index (χ2n) is 9.48. The Morgan fingerprint density at radius 1 is 1.11 bits per heavy atom. The van der Waals surface area contributed by atoms with Gasteiger partial charge in [-0.05, 0) is 50.3 Å². The van der Waals surface area contributed by atoms with Crippen LogP contribution in [0.15, 0.2) is 40.2 Å². The van der Waals surface area contributed by atoms with E-state index in [0.29, 0.717) is 33.9 Å². The molecule has 182 valence electrons. The van der Waals surface area contributed by atoms with Gasteiger partial charge in [-0.1, -0.05) is 26.7 Å². The van der Waals surface area contributed by atoms with Crippen LogP contribution in [0.4, 0.5) is 0 Å². The third-order valence-electron chi connectivity index (χ3n) is 7.43. The van der Waals surface area contributed by atoms with Crippen LogP contribution >= 0.6 is 0 Å². The zero-order valence-corrected chi connectivity index (χ0v) is 20.4. The van der Waals surface area contributed by atoms with E-state index in [0.717, 1.165) is 12.8 Å². The van der Waals surface area contributed by atoms with Gasteiger partial charge in [0.25, 0.3) is 11.1 Å². The Morgan fingerprint density at radius 2 is 1.83 bits per heavy atom. The number of nitrogens with one attached hydrogen (secondary N) is 1. The molecule has 1 N–H and O–H groups in total. The number of carbonyl (C=O) groups excluding carboxylic acids is 1. The molecule has 4 aromatic rings. The zero-order chi connectivity index (χ0) is 24.9. The quantitative estimate of drug-likeness (QED) is 0.354. The van der Waals surface area contributed by atoms with Gasteiger partial charge in [0.1, 0.15) is 5.56 Å². The standard InChI is InChI=1S/C26H29N5O4/c1-5-35-26(34)22-16(4)28-29-23(22)31-12-10-20-18(25(31)33)13-17-19(27-20)9-11-30(24(17)32)21-8-6-7-14(2)15(21)3/h9-15,21H,5-8H2,1-4H3,(H,28,29)/t14-,15-,21-/m0/s1. The first-order chi connectivity index (χ1) is 16.8. The average Bonchev–Trinajstić information content (AvgIpc) is 3.22. The minimum Gasteiger partial charge on any atom is -0.462 e. The number of carbonyl (C=O) groups is 1. The third-order valence-corrected chi connectivity index (χ3v) is 7.43. The van der Waals surface area contributed by atoms with E-state index < -0.39 is 11.5 Å². The maximum absolute atomic E-state index is 13.5. The number of hydrogen-bond acceptors (Lipinski definition) is 6. The van der Waals surface area contributed by atoms with Crippen LogP contribution in [-0.4, -0.2) is 36.9 Å². The average molecular weight is 476 g/mol. The molecule has 1 aliphatic rings. The molecule has 0 aliphatic heterocycles. The second kappa shape index (κ2) is 8.79. The Balaban J connectivity index is 1.68. The number of rotatable bonds is 4. The van der Waals surface area contributed by atoms with Crippen LogP contribution in [0.2, 0.25) is 0 Å². The van der Waals surface area contributed by atoms with Gasteiger partial charge in [-0.2, -0.15) is 5.10 Å². The van der Waals surface area contributed by atoms with Crippen molar-refractivity contribution in [1.82, 2.24) is 24.3 Å². The van der Waals surface area contributed by atoms with Gasteiger partial charge in [-0.3, -0.25) is 19.3 Å². The molecule has 4 aromatic heterocycles. The lowest BCUT2D eigenvalue weighted by Gasteiger charge is -2.35. The minimum absolute atomic E-state index is 0.123. The number of hydrogen-bond donors (Lipinski definition) is 1. The molecule has 0 unspecified atom stereocenters. The topological polar surface area (TPSA) is 112 Å². The number of ether oxygens (including phenoxy) is 1. The van der Waals surface area contributed by atoms with Crippen molar-refractivity contribution in [3.63, 3.8) is 0 Å². The van der Waals surface area contributed by atoms with Gasteiger partial charge in [-0.15, -0.1) is 0 Å². The van der Waals surface area contributed by atoms with Crippen molar-refractivity contribution >= 4 is 27.8 Å². The number of H-pyrrole nitrogens is 1. The fraction of sp³-hybridized carbons (Fsp3) is 0.423. The predicted molar refractivity (Wildman–Crippen MR) is 133 cm³/mol. The van der Waals surface area contributed by atoms with E-state index in [9.17, 15) is 14.4 Å². The molecule has 1 fully saturated rings. The summed E-state index contributed by atoms with van der Waals surface area (Å²) in [5.74, 6) is 0.525. The number of pyridine rings is 3. The molecule has 9 heteroatoms. The number of aryl methyl sites for hydroxylation is 1. The highest BCUT2D eigenvalue weighted by atomic mass is 16.5. The summed E-state index contributed by atoms with van der Waals surface area (Å²) in [6.45, 7) is 8.06. The first-order valence-electron chi connectivity index (χ1n) is 12.1. The van der Waals surface area contributed by atoms with E-state index in [1.54, 1.807) is 26.0 Å². The van der Waals surface area contributed by atoms with Crippen LogP contribution in [0.5, 0.6) is 0 Å². The van der Waals surface area contributed by atoms with E-state index in [-0.39, 0.29) is 35.0 Å². The van der Waals surface area contributed by atoms with Crippen molar-refractivity contribution in [1.29, 1.82) is 0 Å². The maximum Gasteiger partial charge on any atom is 0.343 e. The van der Waals surface area contributed by atoms with Gasteiger partial charge in [0.05, 0.1) is 28.4 Å². The van der Waals surface area contributed by atoms with Gasteiger partial charge in [0.15, 0.2) is 5.82 Å². The molecule has 0 spiro atoms. The molecule has 0 aromatic carbocycles. The first-order valence-corrected chi connectivity index (χ1v) is 12.1. The Morgan fingerprint density at radius 3 is 2.57 bits per heavy atom. The summed E-state index contributed by atoms with van der Waals surface area (Å²) in [6.07, 6.45) is 6.59. The SMILES string of the molecule is CCOC(=O)c1c(-n2ccc3nc4ccn([C@H]5CCC[C@H](C)[C@@H]5C)c(=O)c4cc3c2=O)n[nH]c1C. The van der Waals surface area contributed by atoms with E-state index in [4.69, 9.17) is 4.74 Å². The second-order valence-corrected chi connectivity index (χ2v) is 9.48. The summed E-state index contributed by atoms with van der Waals surface area (Å²) in [5, 5.41) is 7.63. The summed E-state index contributed by atoms with van der Waals surface area (Å²) in [7, 11) is 0. The van der Waals surface area contributed by atoms with Crippen molar-refractivity contribution in [2.75, 3.05) is 6.61 Å². The van der Waals surface area contributed by atoms with E-state index in [1.165, 1.54) is 17.2 Å². The maximum atomic E-state index is 13.5. The van der Waals surface area contributed by atoms with Gasteiger partial charge >= 0.3 is 5.97 Å². The van der Waals surface area contributed by atoms with Gasteiger partial charge < -0.3 is 9.30 Å². The first kappa shape index (κ1) is 23.0. The van der Waals surface area contributed by atoms with Gasteiger partial charge in [-0.25, -0.2) is 9.78 Å². The van der Waals surface area contributed by atoms with Crippen LogP contribution in [0.25, 0.3) is 27.6 Å². The Labute approximate surface area is 201 Å². The van der Waals surface area contributed by atoms with Crippen LogP contribution in [0, 0.1) is 18.8 Å². The summed E-state index contributed by atoms with van der Waals surface area (Å²) >= 11 is 0. The zero-order valence-electron chi connectivity index (χ0n) is 20.4. The van der Waals surface area contributed by atoms with E-state index in [1.807, 2.05) is 16.8 Å². The van der Waals surface area contributed by atoms with E-state index in [2.05, 4.69) is 29.0 Å². The predicted octanol–water partition coefficient (Wildman–Crippen LogP) is 3.91. The van der Waals surface area contributed by atoms with Crippen molar-refractivity contribution in [3.05, 3.63) is 62.6 Å².